The molecule has 0 N–H and O–H groups in total. The van der Waals surface area contributed by atoms with Gasteiger partial charge in [0.05, 0.1) is 0 Å². The average molecular weight is 440 g/mol. The largest absolute Gasteiger partial charge is 0.271 e. The van der Waals surface area contributed by atoms with E-state index in [1.54, 1.807) is 0 Å². The van der Waals surface area contributed by atoms with E-state index in [1.807, 2.05) is 85.0 Å². The molecule has 0 bridgehead atoms. The standard InChI is InChI=1S/C7H7.2C6H5.Pt/c1-2-4-6-7-5-3-1;2*1-2-4-6-5-3-1;/h1-5H,6H2;2*1-5H;/q3*-1;. The fourth-order valence-electron chi connectivity index (χ4n) is 1.15. The molecule has 0 fully saturated rings. The van der Waals surface area contributed by atoms with Crippen LogP contribution in [0.1, 0.15) is 6.42 Å². The maximum absolute atomic E-state index is 3.05. The third-order valence-corrected chi connectivity index (χ3v) is 2.02. The molecular formula is C19H17Pt-3. The molecular weight excluding hydrogens is 423 g/mol. The van der Waals surface area contributed by atoms with Crippen LogP contribution in [0.3, 0.4) is 0 Å². The van der Waals surface area contributed by atoms with Gasteiger partial charge in [-0.15, -0.1) is 6.08 Å². The van der Waals surface area contributed by atoms with Crippen LogP contribution in [-0.2, 0) is 21.1 Å². The van der Waals surface area contributed by atoms with E-state index in [2.05, 4.69) is 24.3 Å². The van der Waals surface area contributed by atoms with Crippen LogP contribution in [-0.4, -0.2) is 0 Å². The van der Waals surface area contributed by atoms with Gasteiger partial charge < -0.3 is 0 Å². The molecule has 20 heavy (non-hydrogen) atoms. The van der Waals surface area contributed by atoms with E-state index in [4.69, 9.17) is 0 Å². The van der Waals surface area contributed by atoms with E-state index in [1.165, 1.54) is 0 Å². The molecule has 0 spiro atoms. The van der Waals surface area contributed by atoms with Gasteiger partial charge in [0.15, 0.2) is 0 Å². The van der Waals surface area contributed by atoms with E-state index >= 15 is 0 Å². The van der Waals surface area contributed by atoms with Crippen LogP contribution >= 0.6 is 0 Å². The molecule has 3 rings (SSSR count). The molecule has 0 aromatic heterocycles. The normalized spacial score (nSPS) is 10.8. The van der Waals surface area contributed by atoms with Crippen LogP contribution in [0.5, 0.6) is 0 Å². The summed E-state index contributed by atoms with van der Waals surface area (Å²) >= 11 is 0. The second kappa shape index (κ2) is 15.4. The molecule has 1 aliphatic rings. The topological polar surface area (TPSA) is 0 Å². The number of allylic oxidation sites excluding steroid dienone is 6. The third-order valence-electron chi connectivity index (χ3n) is 2.02. The van der Waals surface area contributed by atoms with E-state index in [0.717, 1.165) is 6.42 Å². The van der Waals surface area contributed by atoms with Crippen molar-refractivity contribution in [2.75, 3.05) is 0 Å². The summed E-state index contributed by atoms with van der Waals surface area (Å²) in [5.41, 5.74) is 0. The Morgan fingerprint density at radius 2 is 1.15 bits per heavy atom. The first-order chi connectivity index (χ1) is 9.50. The van der Waals surface area contributed by atoms with Gasteiger partial charge in [-0.25, -0.2) is 12.2 Å². The maximum atomic E-state index is 3.05. The smallest absolute Gasteiger partial charge is 0 e. The van der Waals surface area contributed by atoms with Crippen LogP contribution in [0.4, 0.5) is 0 Å². The minimum atomic E-state index is 0. The zero-order valence-electron chi connectivity index (χ0n) is 11.2. The molecule has 0 saturated heterocycles. The van der Waals surface area contributed by atoms with Crippen LogP contribution in [0.25, 0.3) is 0 Å². The molecule has 0 radical (unpaired) electrons. The van der Waals surface area contributed by atoms with Gasteiger partial charge in [-0.05, 0) is 0 Å². The first-order valence-electron chi connectivity index (χ1n) is 6.21. The molecule has 0 heterocycles. The Morgan fingerprint density at radius 3 is 1.55 bits per heavy atom. The predicted octanol–water partition coefficient (Wildman–Crippen LogP) is 4.83. The monoisotopic (exact) mass is 440 g/mol. The van der Waals surface area contributed by atoms with Gasteiger partial charge in [0.1, 0.15) is 0 Å². The molecule has 1 aliphatic carbocycles. The summed E-state index contributed by atoms with van der Waals surface area (Å²) in [5.74, 6) is 0. The Hall–Kier alpha value is -1.65. The average Bonchev–Trinajstić information content (AvgIpc) is 2.85. The summed E-state index contributed by atoms with van der Waals surface area (Å²) in [6.07, 6.45) is 14.0. The number of hydrogen-bond acceptors (Lipinski definition) is 0. The zero-order valence-corrected chi connectivity index (χ0v) is 13.5. The summed E-state index contributed by atoms with van der Waals surface area (Å²) in [5, 5.41) is 0. The Labute approximate surface area is 136 Å². The Bertz CT molecular complexity index is 371. The molecule has 0 nitrogen and oxygen atoms in total. The number of hydrogen-bond donors (Lipinski definition) is 0. The fraction of sp³-hybridized carbons (Fsp3) is 0.0526. The Morgan fingerprint density at radius 1 is 0.600 bits per heavy atom. The molecule has 106 valence electrons. The Balaban J connectivity index is 0.000000265. The van der Waals surface area contributed by atoms with Crippen molar-refractivity contribution in [2.45, 2.75) is 6.42 Å². The van der Waals surface area contributed by atoms with Gasteiger partial charge in [-0.3, -0.25) is 6.08 Å². The van der Waals surface area contributed by atoms with Crippen LogP contribution in [0.2, 0.25) is 0 Å². The van der Waals surface area contributed by atoms with Crippen molar-refractivity contribution in [1.29, 1.82) is 0 Å². The molecule has 0 atom stereocenters. The summed E-state index contributed by atoms with van der Waals surface area (Å²) in [4.78, 5) is 0. The van der Waals surface area contributed by atoms with Crippen molar-refractivity contribution in [3.8, 4) is 0 Å². The molecule has 2 aromatic rings. The van der Waals surface area contributed by atoms with E-state index in [9.17, 15) is 0 Å². The summed E-state index contributed by atoms with van der Waals surface area (Å²) < 4.78 is 0. The van der Waals surface area contributed by atoms with Crippen molar-refractivity contribution in [2.24, 2.45) is 0 Å². The van der Waals surface area contributed by atoms with E-state index in [0.29, 0.717) is 0 Å². The van der Waals surface area contributed by atoms with Crippen molar-refractivity contribution >= 4 is 0 Å². The van der Waals surface area contributed by atoms with Gasteiger partial charge in [0.2, 0.25) is 0 Å². The second-order valence-corrected chi connectivity index (χ2v) is 3.54. The number of rotatable bonds is 0. The minimum absolute atomic E-state index is 0. The van der Waals surface area contributed by atoms with Crippen molar-refractivity contribution < 1.29 is 21.1 Å². The van der Waals surface area contributed by atoms with Crippen molar-refractivity contribution in [3.63, 3.8) is 0 Å². The Kier molecular flexibility index (Phi) is 14.1. The summed E-state index contributed by atoms with van der Waals surface area (Å²) in [6.45, 7) is 0. The van der Waals surface area contributed by atoms with Crippen LogP contribution < -0.4 is 0 Å². The molecule has 2 aromatic carbocycles. The van der Waals surface area contributed by atoms with Crippen LogP contribution in [0, 0.1) is 18.2 Å². The molecule has 0 amide bonds. The molecule has 1 heteroatoms. The van der Waals surface area contributed by atoms with Crippen molar-refractivity contribution in [3.05, 3.63) is 109 Å². The first kappa shape index (κ1) is 18.3. The van der Waals surface area contributed by atoms with Gasteiger partial charge in [0.25, 0.3) is 0 Å². The zero-order chi connectivity index (χ0) is 13.4. The van der Waals surface area contributed by atoms with E-state index in [-0.39, 0.29) is 21.1 Å². The SMILES string of the molecule is [C-]1=CC=CC=CC1.[Pt].[c-]1ccccc1.[c-]1ccccc1. The minimum Gasteiger partial charge on any atom is -0.271 e. The number of benzene rings is 2. The van der Waals surface area contributed by atoms with Gasteiger partial charge in [-0.1, -0.05) is 18.6 Å². The summed E-state index contributed by atoms with van der Waals surface area (Å²) in [6, 6.07) is 25.0. The molecule has 0 unspecified atom stereocenters. The van der Waals surface area contributed by atoms with Gasteiger partial charge in [-0.2, -0.15) is 72.8 Å². The second-order valence-electron chi connectivity index (χ2n) is 3.54. The van der Waals surface area contributed by atoms with Crippen molar-refractivity contribution in [1.82, 2.24) is 0 Å². The van der Waals surface area contributed by atoms with Crippen LogP contribution in [0.15, 0.2) is 91.0 Å². The molecule has 0 saturated carbocycles. The summed E-state index contributed by atoms with van der Waals surface area (Å²) in [7, 11) is 0. The predicted molar refractivity (Wildman–Crippen MR) is 81.3 cm³/mol. The van der Waals surface area contributed by atoms with Gasteiger partial charge >= 0.3 is 0 Å². The maximum Gasteiger partial charge on any atom is 0 e. The fourth-order valence-corrected chi connectivity index (χ4v) is 1.15. The van der Waals surface area contributed by atoms with E-state index < -0.39 is 0 Å². The van der Waals surface area contributed by atoms with Gasteiger partial charge in [0, 0.05) is 21.1 Å². The first-order valence-corrected chi connectivity index (χ1v) is 6.21. The third kappa shape index (κ3) is 12.8. The molecule has 0 aliphatic heterocycles. The quantitative estimate of drug-likeness (QED) is 0.515.